The fraction of sp³-hybridized carbons (Fsp3) is 0.444. The fourth-order valence-corrected chi connectivity index (χ4v) is 2.26. The number of carbonyl (C=O) groups excluding carboxylic acids is 2. The van der Waals surface area contributed by atoms with E-state index in [2.05, 4.69) is 5.10 Å². The molecule has 2 rings (SSSR count). The van der Waals surface area contributed by atoms with E-state index >= 15 is 0 Å². The van der Waals surface area contributed by atoms with E-state index < -0.39 is 0 Å². The van der Waals surface area contributed by atoms with Crippen molar-refractivity contribution >= 4 is 28.7 Å². The maximum Gasteiger partial charge on any atom is 0.288 e. The van der Waals surface area contributed by atoms with Crippen molar-refractivity contribution in [3.63, 3.8) is 0 Å². The Balaban J connectivity index is 1.93. The molecule has 1 aliphatic heterocycles. The van der Waals surface area contributed by atoms with Crippen molar-refractivity contribution in [2.45, 2.75) is 13.0 Å². The van der Waals surface area contributed by atoms with E-state index in [9.17, 15) is 9.59 Å². The molecule has 7 heteroatoms. The minimum Gasteiger partial charge on any atom is -0.382 e. The molecule has 0 saturated carbocycles. The number of amides is 2. The molecule has 0 bridgehead atoms. The lowest BCUT2D eigenvalue weighted by Crippen LogP contribution is -2.40. The molecule has 0 aliphatic carbocycles. The van der Waals surface area contributed by atoms with Crippen LogP contribution in [0.15, 0.2) is 12.3 Å². The van der Waals surface area contributed by atoms with Gasteiger partial charge >= 0.3 is 0 Å². The zero-order valence-electron chi connectivity index (χ0n) is 8.63. The maximum atomic E-state index is 11.5. The molecule has 0 aromatic carbocycles. The van der Waals surface area contributed by atoms with Gasteiger partial charge in [0.15, 0.2) is 0 Å². The summed E-state index contributed by atoms with van der Waals surface area (Å²) < 4.78 is 1.62. The lowest BCUT2D eigenvalue weighted by molar-refractivity contribution is -0.127. The molecule has 1 fully saturated rings. The smallest absolute Gasteiger partial charge is 0.288 e. The van der Waals surface area contributed by atoms with Gasteiger partial charge in [-0.15, -0.1) is 0 Å². The summed E-state index contributed by atoms with van der Waals surface area (Å²) in [6.45, 7) is 0.834. The summed E-state index contributed by atoms with van der Waals surface area (Å²) in [5, 5.41) is 3.81. The van der Waals surface area contributed by atoms with Gasteiger partial charge in [0.2, 0.25) is 5.91 Å². The summed E-state index contributed by atoms with van der Waals surface area (Å²) >= 11 is 1.18. The van der Waals surface area contributed by atoms with Crippen LogP contribution in [0.25, 0.3) is 0 Å². The van der Waals surface area contributed by atoms with Gasteiger partial charge in [-0.25, -0.2) is 0 Å². The molecular formula is C9H12N4O2S. The number of rotatable bonds is 3. The van der Waals surface area contributed by atoms with Crippen molar-refractivity contribution < 1.29 is 9.59 Å². The van der Waals surface area contributed by atoms with E-state index in [1.54, 1.807) is 16.9 Å². The van der Waals surface area contributed by atoms with E-state index in [1.165, 1.54) is 16.7 Å². The van der Waals surface area contributed by atoms with Crippen molar-refractivity contribution in [2.75, 3.05) is 18.0 Å². The number of anilines is 1. The number of nitrogen functional groups attached to an aromatic ring is 1. The van der Waals surface area contributed by atoms with Gasteiger partial charge in [-0.1, -0.05) is 11.8 Å². The van der Waals surface area contributed by atoms with Gasteiger partial charge in [0, 0.05) is 24.9 Å². The monoisotopic (exact) mass is 240 g/mol. The van der Waals surface area contributed by atoms with Crippen LogP contribution < -0.4 is 5.73 Å². The highest BCUT2D eigenvalue weighted by Crippen LogP contribution is 2.18. The third kappa shape index (κ3) is 2.35. The molecular weight excluding hydrogens is 228 g/mol. The van der Waals surface area contributed by atoms with Gasteiger partial charge < -0.3 is 5.73 Å². The van der Waals surface area contributed by atoms with Gasteiger partial charge in [0.1, 0.15) is 5.82 Å². The molecule has 2 heterocycles. The molecule has 1 aromatic heterocycles. The topological polar surface area (TPSA) is 81.2 Å². The van der Waals surface area contributed by atoms with Crippen molar-refractivity contribution in [3.8, 4) is 0 Å². The van der Waals surface area contributed by atoms with Crippen molar-refractivity contribution in [1.29, 1.82) is 0 Å². The molecule has 1 saturated heterocycles. The maximum absolute atomic E-state index is 11.5. The molecule has 0 spiro atoms. The van der Waals surface area contributed by atoms with Crippen molar-refractivity contribution in [3.05, 3.63) is 12.3 Å². The van der Waals surface area contributed by atoms with Gasteiger partial charge in [-0.2, -0.15) is 5.10 Å². The molecule has 0 atom stereocenters. The third-order valence-corrected chi connectivity index (χ3v) is 3.15. The Kier molecular flexibility index (Phi) is 3.14. The first kappa shape index (κ1) is 11.0. The van der Waals surface area contributed by atoms with Crippen LogP contribution in [-0.4, -0.2) is 38.1 Å². The summed E-state index contributed by atoms with van der Waals surface area (Å²) in [4.78, 5) is 24.2. The third-order valence-electron chi connectivity index (χ3n) is 2.28. The van der Waals surface area contributed by atoms with Crippen LogP contribution in [0.3, 0.4) is 0 Å². The highest BCUT2D eigenvalue weighted by atomic mass is 32.2. The van der Waals surface area contributed by atoms with Crippen molar-refractivity contribution in [1.82, 2.24) is 14.7 Å². The molecule has 1 aromatic rings. The predicted octanol–water partition coefficient (Wildman–Crippen LogP) is 0.551. The Hall–Kier alpha value is -1.50. The minimum absolute atomic E-state index is 0.108. The molecule has 1 aliphatic rings. The SMILES string of the molecule is Nc1ccn(CCN2C(=O)CCSC2=O)n1. The lowest BCUT2D eigenvalue weighted by Gasteiger charge is -2.23. The number of hydrogen-bond acceptors (Lipinski definition) is 5. The van der Waals surface area contributed by atoms with Gasteiger partial charge in [0.05, 0.1) is 6.54 Å². The van der Waals surface area contributed by atoms with E-state index in [4.69, 9.17) is 5.73 Å². The van der Waals surface area contributed by atoms with Crippen molar-refractivity contribution in [2.24, 2.45) is 0 Å². The second-order valence-corrected chi connectivity index (χ2v) is 4.46. The number of nitrogens with zero attached hydrogens (tertiary/aromatic N) is 3. The molecule has 0 radical (unpaired) electrons. The van der Waals surface area contributed by atoms with E-state index in [1.807, 2.05) is 0 Å². The molecule has 86 valence electrons. The molecule has 0 unspecified atom stereocenters. The number of aromatic nitrogens is 2. The van der Waals surface area contributed by atoms with Crippen LogP contribution >= 0.6 is 11.8 Å². The normalized spacial score (nSPS) is 16.9. The summed E-state index contributed by atoms with van der Waals surface area (Å²) in [6.07, 6.45) is 2.15. The van der Waals surface area contributed by atoms with Gasteiger partial charge in [-0.3, -0.25) is 19.2 Å². The van der Waals surface area contributed by atoms with Crippen LogP contribution in [0.2, 0.25) is 0 Å². The van der Waals surface area contributed by atoms with Gasteiger partial charge in [0.25, 0.3) is 5.24 Å². The summed E-state index contributed by atoms with van der Waals surface area (Å²) in [5.74, 6) is 0.914. The zero-order chi connectivity index (χ0) is 11.5. The van der Waals surface area contributed by atoms with Gasteiger partial charge in [-0.05, 0) is 6.07 Å². The number of nitrogens with two attached hydrogens (primary N) is 1. The Morgan fingerprint density at radius 3 is 2.88 bits per heavy atom. The Morgan fingerprint density at radius 1 is 1.44 bits per heavy atom. The van der Waals surface area contributed by atoms with Crippen LogP contribution in [0.4, 0.5) is 10.6 Å². The highest BCUT2D eigenvalue weighted by Gasteiger charge is 2.26. The second kappa shape index (κ2) is 4.56. The Morgan fingerprint density at radius 2 is 2.25 bits per heavy atom. The first-order valence-electron chi connectivity index (χ1n) is 4.93. The summed E-state index contributed by atoms with van der Waals surface area (Å²) in [6, 6.07) is 1.68. The first-order chi connectivity index (χ1) is 7.66. The molecule has 16 heavy (non-hydrogen) atoms. The van der Waals surface area contributed by atoms with Crippen LogP contribution in [-0.2, 0) is 11.3 Å². The lowest BCUT2D eigenvalue weighted by atomic mass is 10.4. The van der Waals surface area contributed by atoms with E-state index in [0.717, 1.165) is 0 Å². The zero-order valence-corrected chi connectivity index (χ0v) is 9.44. The summed E-state index contributed by atoms with van der Waals surface area (Å²) in [7, 11) is 0. The fourth-order valence-electron chi connectivity index (χ4n) is 1.46. The van der Waals surface area contributed by atoms with E-state index in [-0.39, 0.29) is 11.1 Å². The largest absolute Gasteiger partial charge is 0.382 e. The molecule has 6 nitrogen and oxygen atoms in total. The molecule has 2 amide bonds. The standard InChI is InChI=1S/C9H12N4O2S/c10-7-1-3-12(11-7)4-5-13-8(14)2-6-16-9(13)15/h1,3H,2,4-6H2,(H2,10,11). The average Bonchev–Trinajstić information content (AvgIpc) is 2.63. The Bertz CT molecular complexity index is 401. The number of hydrogen-bond donors (Lipinski definition) is 1. The van der Waals surface area contributed by atoms with E-state index in [0.29, 0.717) is 31.1 Å². The minimum atomic E-state index is -0.170. The molecule has 2 N–H and O–H groups in total. The number of thioether (sulfide) groups is 1. The highest BCUT2D eigenvalue weighted by molar-refractivity contribution is 8.13. The van der Waals surface area contributed by atoms with Crippen LogP contribution in [0.1, 0.15) is 6.42 Å². The second-order valence-electron chi connectivity index (χ2n) is 3.41. The Labute approximate surface area is 96.8 Å². The average molecular weight is 240 g/mol. The number of imide groups is 1. The van der Waals surface area contributed by atoms with Crippen LogP contribution in [0, 0.1) is 0 Å². The summed E-state index contributed by atoms with van der Waals surface area (Å²) in [5.41, 5.74) is 5.46. The predicted molar refractivity (Wildman–Crippen MR) is 60.8 cm³/mol. The first-order valence-corrected chi connectivity index (χ1v) is 5.91. The quantitative estimate of drug-likeness (QED) is 0.834. The van der Waals surface area contributed by atoms with Crippen LogP contribution in [0.5, 0.6) is 0 Å². The number of carbonyl (C=O) groups is 2.